The standard InChI is InChI=1S/C15H18FNO3/c16-11-7-4-10(5-8-11)6-9-14(18)17-13-3-1-2-12(13)15(19)20/h4-5,7-8,12-13H,1-3,6,9H2,(H,17,18)(H,19,20). The Morgan fingerprint density at radius 1 is 1.25 bits per heavy atom. The lowest BCUT2D eigenvalue weighted by Gasteiger charge is -2.17. The van der Waals surface area contributed by atoms with Crippen molar-refractivity contribution >= 4 is 11.9 Å². The first-order valence-electron chi connectivity index (χ1n) is 6.83. The van der Waals surface area contributed by atoms with Crippen LogP contribution >= 0.6 is 0 Å². The molecule has 0 aromatic heterocycles. The first-order valence-corrected chi connectivity index (χ1v) is 6.83. The number of amides is 1. The molecule has 2 N–H and O–H groups in total. The number of halogens is 1. The topological polar surface area (TPSA) is 66.4 Å². The lowest BCUT2D eigenvalue weighted by Crippen LogP contribution is -2.40. The molecule has 1 aliphatic rings. The highest BCUT2D eigenvalue weighted by atomic mass is 19.1. The molecule has 0 saturated heterocycles. The number of rotatable bonds is 5. The summed E-state index contributed by atoms with van der Waals surface area (Å²) >= 11 is 0. The van der Waals surface area contributed by atoms with Gasteiger partial charge in [-0.2, -0.15) is 0 Å². The summed E-state index contributed by atoms with van der Waals surface area (Å²) in [4.78, 5) is 22.8. The number of hydrogen-bond donors (Lipinski definition) is 2. The van der Waals surface area contributed by atoms with Crippen LogP contribution in [0.2, 0.25) is 0 Å². The predicted molar refractivity (Wildman–Crippen MR) is 71.6 cm³/mol. The molecule has 1 aliphatic carbocycles. The molecule has 0 aliphatic heterocycles. The maximum Gasteiger partial charge on any atom is 0.308 e. The Balaban J connectivity index is 1.80. The number of carboxylic acid groups (broad SMARTS) is 1. The summed E-state index contributed by atoms with van der Waals surface area (Å²) in [5, 5.41) is 11.8. The average molecular weight is 279 g/mol. The van der Waals surface area contributed by atoms with Gasteiger partial charge in [0, 0.05) is 12.5 Å². The molecular formula is C15H18FNO3. The van der Waals surface area contributed by atoms with Crippen LogP contribution in [0.5, 0.6) is 0 Å². The molecule has 1 amide bonds. The number of carbonyl (C=O) groups is 2. The SMILES string of the molecule is O=C(CCc1ccc(F)cc1)NC1CCCC1C(=O)O. The zero-order valence-electron chi connectivity index (χ0n) is 11.1. The van der Waals surface area contributed by atoms with E-state index in [9.17, 15) is 14.0 Å². The van der Waals surface area contributed by atoms with Gasteiger partial charge in [0.25, 0.3) is 0 Å². The Labute approximate surface area is 117 Å². The van der Waals surface area contributed by atoms with Gasteiger partial charge in [0.15, 0.2) is 0 Å². The third-order valence-electron chi connectivity index (χ3n) is 3.73. The third-order valence-corrected chi connectivity index (χ3v) is 3.73. The summed E-state index contributed by atoms with van der Waals surface area (Å²) in [6, 6.07) is 5.78. The van der Waals surface area contributed by atoms with Gasteiger partial charge >= 0.3 is 5.97 Å². The Morgan fingerprint density at radius 2 is 1.95 bits per heavy atom. The number of aryl methyl sites for hydroxylation is 1. The highest BCUT2D eigenvalue weighted by molar-refractivity contribution is 5.78. The fraction of sp³-hybridized carbons (Fsp3) is 0.467. The Morgan fingerprint density at radius 3 is 2.60 bits per heavy atom. The van der Waals surface area contributed by atoms with Crippen molar-refractivity contribution < 1.29 is 19.1 Å². The van der Waals surface area contributed by atoms with Crippen LogP contribution in [-0.4, -0.2) is 23.0 Å². The Kier molecular flexibility index (Phi) is 4.71. The van der Waals surface area contributed by atoms with E-state index in [1.807, 2.05) is 0 Å². The van der Waals surface area contributed by atoms with Gasteiger partial charge < -0.3 is 10.4 Å². The van der Waals surface area contributed by atoms with Crippen molar-refractivity contribution in [3.8, 4) is 0 Å². The second-order valence-electron chi connectivity index (χ2n) is 5.18. The quantitative estimate of drug-likeness (QED) is 0.867. The minimum Gasteiger partial charge on any atom is -0.481 e. The molecule has 1 fully saturated rings. The zero-order valence-corrected chi connectivity index (χ0v) is 11.1. The molecule has 5 heteroatoms. The van der Waals surface area contributed by atoms with Gasteiger partial charge in [-0.15, -0.1) is 0 Å². The van der Waals surface area contributed by atoms with E-state index < -0.39 is 11.9 Å². The van der Waals surface area contributed by atoms with Crippen LogP contribution in [-0.2, 0) is 16.0 Å². The van der Waals surface area contributed by atoms with E-state index in [0.717, 1.165) is 18.4 Å². The Bertz CT molecular complexity index is 486. The number of aliphatic carboxylic acids is 1. The molecule has 20 heavy (non-hydrogen) atoms. The van der Waals surface area contributed by atoms with Crippen molar-refractivity contribution in [3.63, 3.8) is 0 Å². The zero-order chi connectivity index (χ0) is 14.5. The van der Waals surface area contributed by atoms with Crippen LogP contribution in [0.3, 0.4) is 0 Å². The van der Waals surface area contributed by atoms with Crippen LogP contribution in [0, 0.1) is 11.7 Å². The van der Waals surface area contributed by atoms with Crippen molar-refractivity contribution in [2.75, 3.05) is 0 Å². The summed E-state index contributed by atoms with van der Waals surface area (Å²) in [7, 11) is 0. The van der Waals surface area contributed by atoms with Crippen molar-refractivity contribution in [2.24, 2.45) is 5.92 Å². The minimum absolute atomic E-state index is 0.146. The lowest BCUT2D eigenvalue weighted by molar-refractivity contribution is -0.142. The molecule has 0 spiro atoms. The number of nitrogens with one attached hydrogen (secondary N) is 1. The summed E-state index contributed by atoms with van der Waals surface area (Å²) in [6.07, 6.45) is 2.99. The van der Waals surface area contributed by atoms with Gasteiger partial charge in [0.1, 0.15) is 5.82 Å². The van der Waals surface area contributed by atoms with E-state index in [4.69, 9.17) is 5.11 Å². The Hall–Kier alpha value is -1.91. The number of carbonyl (C=O) groups excluding carboxylic acids is 1. The van der Waals surface area contributed by atoms with Gasteiger partial charge in [0.2, 0.25) is 5.91 Å². The summed E-state index contributed by atoms with van der Waals surface area (Å²) in [5.41, 5.74) is 0.891. The van der Waals surface area contributed by atoms with Crippen LogP contribution in [0.4, 0.5) is 4.39 Å². The van der Waals surface area contributed by atoms with Crippen LogP contribution < -0.4 is 5.32 Å². The number of carboxylic acids is 1. The molecule has 4 nitrogen and oxygen atoms in total. The van der Waals surface area contributed by atoms with E-state index in [1.165, 1.54) is 12.1 Å². The molecule has 2 atom stereocenters. The summed E-state index contributed by atoms with van der Waals surface area (Å²) in [6.45, 7) is 0. The van der Waals surface area contributed by atoms with E-state index in [1.54, 1.807) is 12.1 Å². The second-order valence-corrected chi connectivity index (χ2v) is 5.18. The maximum absolute atomic E-state index is 12.7. The minimum atomic E-state index is -0.841. The smallest absolute Gasteiger partial charge is 0.308 e. The van der Waals surface area contributed by atoms with Crippen LogP contribution in [0.15, 0.2) is 24.3 Å². The van der Waals surface area contributed by atoms with E-state index in [-0.39, 0.29) is 24.2 Å². The van der Waals surface area contributed by atoms with E-state index >= 15 is 0 Å². The molecule has 2 rings (SSSR count). The second kappa shape index (κ2) is 6.50. The molecular weight excluding hydrogens is 261 g/mol. The summed E-state index contributed by atoms with van der Waals surface area (Å²) < 4.78 is 12.7. The van der Waals surface area contributed by atoms with Crippen molar-refractivity contribution in [2.45, 2.75) is 38.1 Å². The lowest BCUT2D eigenvalue weighted by atomic mass is 10.0. The fourth-order valence-electron chi connectivity index (χ4n) is 2.62. The maximum atomic E-state index is 12.7. The van der Waals surface area contributed by atoms with Gasteiger partial charge in [0.05, 0.1) is 5.92 Å². The third kappa shape index (κ3) is 3.79. The number of benzene rings is 1. The van der Waals surface area contributed by atoms with Crippen LogP contribution in [0.25, 0.3) is 0 Å². The highest BCUT2D eigenvalue weighted by Gasteiger charge is 2.33. The molecule has 108 valence electrons. The first kappa shape index (κ1) is 14.5. The van der Waals surface area contributed by atoms with Gasteiger partial charge in [-0.05, 0) is 37.0 Å². The molecule has 0 bridgehead atoms. The molecule has 1 saturated carbocycles. The molecule has 2 unspecified atom stereocenters. The van der Waals surface area contributed by atoms with Gasteiger partial charge in [-0.3, -0.25) is 9.59 Å². The monoisotopic (exact) mass is 279 g/mol. The number of hydrogen-bond acceptors (Lipinski definition) is 2. The summed E-state index contributed by atoms with van der Waals surface area (Å²) in [5.74, 6) is -1.75. The van der Waals surface area contributed by atoms with Gasteiger partial charge in [-0.25, -0.2) is 4.39 Å². The molecule has 1 aromatic rings. The van der Waals surface area contributed by atoms with Crippen LogP contribution in [0.1, 0.15) is 31.2 Å². The molecule has 1 aromatic carbocycles. The highest BCUT2D eigenvalue weighted by Crippen LogP contribution is 2.25. The fourth-order valence-corrected chi connectivity index (χ4v) is 2.62. The van der Waals surface area contributed by atoms with Crippen molar-refractivity contribution in [3.05, 3.63) is 35.6 Å². The van der Waals surface area contributed by atoms with E-state index in [2.05, 4.69) is 5.32 Å². The van der Waals surface area contributed by atoms with Gasteiger partial charge in [-0.1, -0.05) is 18.6 Å². The van der Waals surface area contributed by atoms with E-state index in [0.29, 0.717) is 12.8 Å². The molecule has 0 radical (unpaired) electrons. The first-order chi connectivity index (χ1) is 9.56. The average Bonchev–Trinajstić information content (AvgIpc) is 2.86. The normalized spacial score (nSPS) is 21.6. The van der Waals surface area contributed by atoms with Crippen molar-refractivity contribution in [1.82, 2.24) is 5.32 Å². The largest absolute Gasteiger partial charge is 0.481 e. The predicted octanol–water partition coefficient (Wildman–Crippen LogP) is 2.13. The van der Waals surface area contributed by atoms with Crippen molar-refractivity contribution in [1.29, 1.82) is 0 Å². The molecule has 0 heterocycles.